The third kappa shape index (κ3) is 8.29. The number of carbonyl (C=O) groups is 3. The van der Waals surface area contributed by atoms with E-state index < -0.39 is 30.1 Å². The van der Waals surface area contributed by atoms with Gasteiger partial charge in [-0.05, 0) is 47.2 Å². The van der Waals surface area contributed by atoms with E-state index in [4.69, 9.17) is 9.47 Å². The van der Waals surface area contributed by atoms with Crippen molar-refractivity contribution in [3.8, 4) is 11.1 Å². The minimum atomic E-state index is -1.49. The van der Waals surface area contributed by atoms with Gasteiger partial charge in [-0.25, -0.2) is 14.4 Å². The Hall–Kier alpha value is -3.91. The van der Waals surface area contributed by atoms with Gasteiger partial charge in [0.05, 0.1) is 19.8 Å². The third-order valence-corrected chi connectivity index (χ3v) is 6.19. The first-order chi connectivity index (χ1) is 18.7. The molecule has 8 heteroatoms. The number of hydrogen-bond acceptors (Lipinski definition) is 6. The fourth-order valence-corrected chi connectivity index (χ4v) is 4.41. The fraction of sp³-hybridized carbons (Fsp3) is 0.387. The van der Waals surface area contributed by atoms with E-state index in [0.29, 0.717) is 0 Å². The lowest BCUT2D eigenvalue weighted by Gasteiger charge is -2.28. The maximum Gasteiger partial charge on any atom is 0.336 e. The van der Waals surface area contributed by atoms with Crippen LogP contribution in [0.5, 0.6) is 0 Å². The number of aliphatic hydroxyl groups is 1. The van der Waals surface area contributed by atoms with Crippen LogP contribution in [-0.4, -0.2) is 66.4 Å². The number of nitrogens with one attached hydrogen (secondary N) is 1. The zero-order chi connectivity index (χ0) is 28.4. The molecule has 0 aliphatic heterocycles. The number of hydrogen-bond donors (Lipinski definition) is 2. The largest absolute Gasteiger partial charge is 0.464 e. The van der Waals surface area contributed by atoms with Gasteiger partial charge >= 0.3 is 18.0 Å². The number of carbonyl (C=O) groups excluding carboxylic acids is 3. The van der Waals surface area contributed by atoms with Crippen LogP contribution in [0, 0.1) is 5.92 Å². The number of nitrogens with zero attached hydrogens (tertiary/aromatic N) is 1. The Bertz CT molecular complexity index is 1250. The summed E-state index contributed by atoms with van der Waals surface area (Å²) in [4.78, 5) is 39.3. The second-order valence-electron chi connectivity index (χ2n) is 9.75. The van der Waals surface area contributed by atoms with E-state index in [1.54, 1.807) is 13.8 Å². The van der Waals surface area contributed by atoms with Gasteiger partial charge in [-0.1, -0.05) is 80.6 Å². The highest BCUT2D eigenvalue weighted by Gasteiger charge is 2.28. The second-order valence-corrected chi connectivity index (χ2v) is 9.75. The van der Waals surface area contributed by atoms with Gasteiger partial charge in [-0.3, -0.25) is 0 Å². The summed E-state index contributed by atoms with van der Waals surface area (Å²) in [7, 11) is 0. The van der Waals surface area contributed by atoms with E-state index >= 15 is 0 Å². The van der Waals surface area contributed by atoms with Crippen molar-refractivity contribution in [2.45, 2.75) is 46.3 Å². The van der Waals surface area contributed by atoms with Crippen molar-refractivity contribution in [1.82, 2.24) is 10.2 Å². The molecule has 0 fully saturated rings. The molecule has 3 rings (SSSR count). The molecule has 2 amide bonds. The van der Waals surface area contributed by atoms with Gasteiger partial charge < -0.3 is 24.8 Å². The van der Waals surface area contributed by atoms with E-state index in [9.17, 15) is 19.5 Å². The van der Waals surface area contributed by atoms with Crippen molar-refractivity contribution in [2.75, 3.05) is 26.3 Å². The summed E-state index contributed by atoms with van der Waals surface area (Å²) in [5, 5.41) is 15.3. The molecule has 3 aromatic carbocycles. The van der Waals surface area contributed by atoms with Crippen LogP contribution in [0.1, 0.15) is 33.3 Å². The van der Waals surface area contributed by atoms with Crippen LogP contribution in [0.3, 0.4) is 0 Å². The molecule has 0 saturated carbocycles. The van der Waals surface area contributed by atoms with Crippen LogP contribution >= 0.6 is 0 Å². The average Bonchev–Trinajstić information content (AvgIpc) is 2.92. The molecular formula is C31H38N2O6. The fourth-order valence-electron chi connectivity index (χ4n) is 4.41. The molecule has 208 valence electrons. The van der Waals surface area contributed by atoms with Crippen LogP contribution < -0.4 is 5.32 Å². The summed E-state index contributed by atoms with van der Waals surface area (Å²) < 4.78 is 10.1. The van der Waals surface area contributed by atoms with E-state index in [1.807, 2.05) is 56.3 Å². The normalized spacial score (nSPS) is 12.6. The van der Waals surface area contributed by atoms with Crippen LogP contribution in [0.25, 0.3) is 21.9 Å². The van der Waals surface area contributed by atoms with Gasteiger partial charge in [-0.15, -0.1) is 0 Å². The number of benzene rings is 3. The Morgan fingerprint density at radius 1 is 0.846 bits per heavy atom. The molecule has 0 heterocycles. The molecule has 2 N–H and O–H groups in total. The average molecular weight is 535 g/mol. The molecule has 3 aromatic rings. The molecule has 0 saturated heterocycles. The number of esters is 2. The molecule has 8 nitrogen and oxygen atoms in total. The number of fused-ring (bicyclic) bond motifs is 1. The van der Waals surface area contributed by atoms with Crippen molar-refractivity contribution >= 4 is 28.7 Å². The minimum absolute atomic E-state index is 0.0628. The summed E-state index contributed by atoms with van der Waals surface area (Å²) in [6.07, 6.45) is -1.27. The SMILES string of the molecule is CCOC(=O)C(O)CN(CC(C)C)C(=O)N[C@@H](Cc1ccc(-c2cccc3ccccc23)cc1)C(=O)OCC. The van der Waals surface area contributed by atoms with Gasteiger partial charge in [0.25, 0.3) is 0 Å². The molecule has 0 aliphatic carbocycles. The van der Waals surface area contributed by atoms with Crippen molar-refractivity contribution in [1.29, 1.82) is 0 Å². The summed E-state index contributed by atoms with van der Waals surface area (Å²) in [5.74, 6) is -1.29. The number of rotatable bonds is 12. The minimum Gasteiger partial charge on any atom is -0.464 e. The zero-order valence-corrected chi connectivity index (χ0v) is 23.1. The van der Waals surface area contributed by atoms with Crippen molar-refractivity contribution in [3.05, 3.63) is 72.3 Å². The van der Waals surface area contributed by atoms with Crippen LogP contribution in [0.15, 0.2) is 66.7 Å². The van der Waals surface area contributed by atoms with Crippen molar-refractivity contribution < 1.29 is 29.0 Å². The molecule has 0 bridgehead atoms. The molecular weight excluding hydrogens is 496 g/mol. The third-order valence-electron chi connectivity index (χ3n) is 6.19. The van der Waals surface area contributed by atoms with E-state index in [0.717, 1.165) is 27.5 Å². The van der Waals surface area contributed by atoms with E-state index in [1.165, 1.54) is 4.90 Å². The predicted octanol–water partition coefficient (Wildman–Crippen LogP) is 4.57. The van der Waals surface area contributed by atoms with Gasteiger partial charge in [0.15, 0.2) is 6.10 Å². The predicted molar refractivity (Wildman–Crippen MR) is 151 cm³/mol. The molecule has 0 spiro atoms. The highest BCUT2D eigenvalue weighted by Crippen LogP contribution is 2.28. The van der Waals surface area contributed by atoms with Crippen molar-refractivity contribution in [2.24, 2.45) is 5.92 Å². The van der Waals surface area contributed by atoms with Gasteiger partial charge in [0.2, 0.25) is 0 Å². The Morgan fingerprint density at radius 2 is 1.49 bits per heavy atom. The quantitative estimate of drug-likeness (QED) is 0.330. The smallest absolute Gasteiger partial charge is 0.336 e. The van der Waals surface area contributed by atoms with Gasteiger partial charge in [0.1, 0.15) is 6.04 Å². The molecule has 2 atom stereocenters. The Labute approximate surface area is 229 Å². The summed E-state index contributed by atoms with van der Waals surface area (Å²) in [6.45, 7) is 7.49. The van der Waals surface area contributed by atoms with Crippen molar-refractivity contribution in [3.63, 3.8) is 0 Å². The number of amides is 2. The Balaban J connectivity index is 1.78. The standard InChI is InChI=1S/C31H38N2O6/c1-5-38-29(35)27(32-31(37)33(19-21(3)4)20-28(34)30(36)39-6-2)18-22-14-16-24(17-15-22)26-13-9-11-23-10-7-8-12-25(23)26/h7-17,21,27-28,34H,5-6,18-20H2,1-4H3,(H,32,37)/t27-,28?/m0/s1. The lowest BCUT2D eigenvalue weighted by Crippen LogP contribution is -2.52. The van der Waals surface area contributed by atoms with Gasteiger partial charge in [0, 0.05) is 13.0 Å². The summed E-state index contributed by atoms with van der Waals surface area (Å²) >= 11 is 0. The van der Waals surface area contributed by atoms with Crippen LogP contribution in [0.4, 0.5) is 4.79 Å². The molecule has 0 radical (unpaired) electrons. The number of aliphatic hydroxyl groups excluding tert-OH is 1. The van der Waals surface area contributed by atoms with Gasteiger partial charge in [-0.2, -0.15) is 0 Å². The maximum atomic E-state index is 13.2. The first-order valence-corrected chi connectivity index (χ1v) is 13.4. The molecule has 39 heavy (non-hydrogen) atoms. The Kier molecular flexibility index (Phi) is 10.9. The molecule has 0 aliphatic rings. The number of urea groups is 1. The van der Waals surface area contributed by atoms with Crippen LogP contribution in [-0.2, 0) is 25.5 Å². The maximum absolute atomic E-state index is 13.2. The molecule has 1 unspecified atom stereocenters. The topological polar surface area (TPSA) is 105 Å². The first kappa shape index (κ1) is 29.6. The highest BCUT2D eigenvalue weighted by molar-refractivity contribution is 5.96. The van der Waals surface area contributed by atoms with E-state index in [2.05, 4.69) is 29.6 Å². The highest BCUT2D eigenvalue weighted by atomic mass is 16.5. The lowest BCUT2D eigenvalue weighted by atomic mass is 9.96. The zero-order valence-electron chi connectivity index (χ0n) is 23.1. The van der Waals surface area contributed by atoms with Crippen LogP contribution in [0.2, 0.25) is 0 Å². The number of ether oxygens (including phenoxy) is 2. The van der Waals surface area contributed by atoms with E-state index in [-0.39, 0.29) is 38.6 Å². The monoisotopic (exact) mass is 534 g/mol. The second kappa shape index (κ2) is 14.3. The lowest BCUT2D eigenvalue weighted by molar-refractivity contribution is -0.153. The first-order valence-electron chi connectivity index (χ1n) is 13.4. The molecule has 0 aromatic heterocycles. The summed E-state index contributed by atoms with van der Waals surface area (Å²) in [6, 6.07) is 20.7. The summed E-state index contributed by atoms with van der Waals surface area (Å²) in [5.41, 5.74) is 3.00. The Morgan fingerprint density at radius 3 is 2.15 bits per heavy atom.